The van der Waals surface area contributed by atoms with E-state index in [1.165, 1.54) is 12.1 Å². The Morgan fingerprint density at radius 2 is 1.79 bits per heavy atom. The summed E-state index contributed by atoms with van der Waals surface area (Å²) in [5.41, 5.74) is 2.88. The van der Waals surface area contributed by atoms with Gasteiger partial charge in [0, 0.05) is 31.5 Å². The Morgan fingerprint density at radius 1 is 1.03 bits per heavy atom. The molecule has 152 valence electrons. The number of guanidine groups is 1. The van der Waals surface area contributed by atoms with Crippen molar-refractivity contribution in [3.63, 3.8) is 0 Å². The van der Waals surface area contributed by atoms with Gasteiger partial charge in [-0.3, -0.25) is 4.68 Å². The van der Waals surface area contributed by atoms with Crippen molar-refractivity contribution in [3.05, 3.63) is 89.2 Å². The molecule has 7 heteroatoms. The average molecular weight is 397 g/mol. The average Bonchev–Trinajstić information content (AvgIpc) is 3.19. The van der Waals surface area contributed by atoms with E-state index in [9.17, 15) is 8.78 Å². The van der Waals surface area contributed by atoms with Gasteiger partial charge in [0.25, 0.3) is 0 Å². The SMILES string of the molecule is CCNC(=NCc1ccccc1Cn1cccn1)NCCc1cc(F)cc(F)c1. The van der Waals surface area contributed by atoms with E-state index in [0.717, 1.165) is 23.7 Å². The summed E-state index contributed by atoms with van der Waals surface area (Å²) in [6.45, 7) is 4.43. The van der Waals surface area contributed by atoms with Crippen LogP contribution < -0.4 is 10.6 Å². The van der Waals surface area contributed by atoms with Gasteiger partial charge < -0.3 is 10.6 Å². The molecule has 0 radical (unpaired) electrons. The fourth-order valence-corrected chi connectivity index (χ4v) is 3.02. The first kappa shape index (κ1) is 20.5. The molecule has 1 heterocycles. The smallest absolute Gasteiger partial charge is 0.191 e. The maximum atomic E-state index is 13.3. The van der Waals surface area contributed by atoms with Crippen molar-refractivity contribution in [2.75, 3.05) is 13.1 Å². The van der Waals surface area contributed by atoms with Gasteiger partial charge in [-0.25, -0.2) is 13.8 Å². The van der Waals surface area contributed by atoms with Crippen molar-refractivity contribution >= 4 is 5.96 Å². The van der Waals surface area contributed by atoms with E-state index in [1.807, 2.05) is 36.0 Å². The molecule has 0 atom stereocenters. The van der Waals surface area contributed by atoms with Crippen LogP contribution in [0.2, 0.25) is 0 Å². The van der Waals surface area contributed by atoms with Crippen molar-refractivity contribution < 1.29 is 8.78 Å². The zero-order valence-corrected chi connectivity index (χ0v) is 16.4. The van der Waals surface area contributed by atoms with Crippen LogP contribution in [0.5, 0.6) is 0 Å². The van der Waals surface area contributed by atoms with E-state index >= 15 is 0 Å². The van der Waals surface area contributed by atoms with Gasteiger partial charge in [-0.15, -0.1) is 0 Å². The highest BCUT2D eigenvalue weighted by molar-refractivity contribution is 5.79. The second-order valence-electron chi connectivity index (χ2n) is 6.62. The van der Waals surface area contributed by atoms with Crippen LogP contribution in [0.25, 0.3) is 0 Å². The molecule has 0 unspecified atom stereocenters. The molecule has 0 fully saturated rings. The highest BCUT2D eigenvalue weighted by atomic mass is 19.1. The number of nitrogens with one attached hydrogen (secondary N) is 2. The van der Waals surface area contributed by atoms with E-state index in [4.69, 9.17) is 0 Å². The van der Waals surface area contributed by atoms with E-state index in [0.29, 0.717) is 37.6 Å². The fraction of sp³-hybridized carbons (Fsp3) is 0.273. The minimum atomic E-state index is -0.561. The molecular formula is C22H25F2N5. The Morgan fingerprint density at radius 3 is 2.48 bits per heavy atom. The monoisotopic (exact) mass is 397 g/mol. The van der Waals surface area contributed by atoms with Gasteiger partial charge in [0.05, 0.1) is 13.1 Å². The summed E-state index contributed by atoms with van der Waals surface area (Å²) in [6, 6.07) is 13.6. The molecule has 2 aromatic carbocycles. The summed E-state index contributed by atoms with van der Waals surface area (Å²) in [7, 11) is 0. The van der Waals surface area contributed by atoms with Crippen LogP contribution in [0.4, 0.5) is 8.78 Å². The molecule has 0 bridgehead atoms. The first-order valence-electron chi connectivity index (χ1n) is 9.65. The zero-order chi connectivity index (χ0) is 20.5. The van der Waals surface area contributed by atoms with Crippen molar-refractivity contribution in [2.24, 2.45) is 4.99 Å². The molecule has 0 saturated carbocycles. The summed E-state index contributed by atoms with van der Waals surface area (Å²) in [6.07, 6.45) is 4.19. The van der Waals surface area contributed by atoms with Crippen LogP contribution in [-0.2, 0) is 19.5 Å². The molecule has 29 heavy (non-hydrogen) atoms. The van der Waals surface area contributed by atoms with Crippen LogP contribution >= 0.6 is 0 Å². The Balaban J connectivity index is 1.62. The molecule has 0 amide bonds. The first-order chi connectivity index (χ1) is 14.1. The predicted octanol–water partition coefficient (Wildman–Crippen LogP) is 3.51. The maximum absolute atomic E-state index is 13.3. The summed E-state index contributed by atoms with van der Waals surface area (Å²) in [5.74, 6) is -0.456. The standard InChI is InChI=1S/C22H25F2N5/c1-2-25-22(26-10-8-17-12-20(23)14-21(24)13-17)27-15-18-6-3-4-7-19(18)16-29-11-5-9-28-29/h3-7,9,11-14H,2,8,10,15-16H2,1H3,(H2,25,26,27). The third kappa shape index (κ3) is 6.41. The van der Waals surface area contributed by atoms with Gasteiger partial charge in [-0.1, -0.05) is 24.3 Å². The van der Waals surface area contributed by atoms with Gasteiger partial charge in [0.2, 0.25) is 0 Å². The van der Waals surface area contributed by atoms with E-state index in [1.54, 1.807) is 6.20 Å². The normalized spacial score (nSPS) is 11.5. The largest absolute Gasteiger partial charge is 0.357 e. The minimum Gasteiger partial charge on any atom is -0.357 e. The first-order valence-corrected chi connectivity index (χ1v) is 9.65. The van der Waals surface area contributed by atoms with Crippen molar-refractivity contribution in [1.29, 1.82) is 0 Å². The Bertz CT molecular complexity index is 918. The number of aromatic nitrogens is 2. The predicted molar refractivity (Wildman–Crippen MR) is 111 cm³/mol. The molecule has 1 aromatic heterocycles. The topological polar surface area (TPSA) is 54.2 Å². The van der Waals surface area contributed by atoms with E-state index in [-0.39, 0.29) is 0 Å². The molecule has 5 nitrogen and oxygen atoms in total. The summed E-state index contributed by atoms with van der Waals surface area (Å²) < 4.78 is 28.5. The second-order valence-corrected chi connectivity index (χ2v) is 6.62. The second kappa shape index (κ2) is 10.4. The molecule has 3 aromatic rings. The van der Waals surface area contributed by atoms with Crippen LogP contribution in [0.15, 0.2) is 65.9 Å². The van der Waals surface area contributed by atoms with Crippen LogP contribution in [0.3, 0.4) is 0 Å². The third-order valence-corrected chi connectivity index (χ3v) is 4.39. The molecular weight excluding hydrogens is 372 g/mol. The number of rotatable bonds is 8. The van der Waals surface area contributed by atoms with Crippen molar-refractivity contribution in [3.8, 4) is 0 Å². The molecule has 0 saturated heterocycles. The van der Waals surface area contributed by atoms with Crippen LogP contribution in [-0.4, -0.2) is 28.8 Å². The maximum Gasteiger partial charge on any atom is 0.191 e. The Kier molecular flexibility index (Phi) is 7.33. The summed E-state index contributed by atoms with van der Waals surface area (Å²) in [5, 5.41) is 10.7. The van der Waals surface area contributed by atoms with Gasteiger partial charge in [-0.05, 0) is 48.2 Å². The minimum absolute atomic E-state index is 0.495. The van der Waals surface area contributed by atoms with E-state index < -0.39 is 11.6 Å². The number of halogens is 2. The Hall–Kier alpha value is -3.22. The number of nitrogens with zero attached hydrogens (tertiary/aromatic N) is 3. The summed E-state index contributed by atoms with van der Waals surface area (Å²) >= 11 is 0. The molecule has 0 aliphatic rings. The third-order valence-electron chi connectivity index (χ3n) is 4.39. The molecule has 0 aliphatic heterocycles. The lowest BCUT2D eigenvalue weighted by molar-refractivity contribution is 0.579. The molecule has 0 aliphatic carbocycles. The van der Waals surface area contributed by atoms with Crippen molar-refractivity contribution in [2.45, 2.75) is 26.4 Å². The van der Waals surface area contributed by atoms with Gasteiger partial charge in [0.1, 0.15) is 11.6 Å². The van der Waals surface area contributed by atoms with E-state index in [2.05, 4.69) is 32.9 Å². The van der Waals surface area contributed by atoms with Crippen LogP contribution in [0, 0.1) is 11.6 Å². The molecule has 2 N–H and O–H groups in total. The lowest BCUT2D eigenvalue weighted by Gasteiger charge is -2.13. The fourth-order valence-electron chi connectivity index (χ4n) is 3.02. The van der Waals surface area contributed by atoms with Gasteiger partial charge >= 0.3 is 0 Å². The zero-order valence-electron chi connectivity index (χ0n) is 16.4. The molecule has 0 spiro atoms. The highest BCUT2D eigenvalue weighted by Crippen LogP contribution is 2.12. The van der Waals surface area contributed by atoms with Gasteiger partial charge in [-0.2, -0.15) is 5.10 Å². The highest BCUT2D eigenvalue weighted by Gasteiger charge is 2.05. The lowest BCUT2D eigenvalue weighted by Crippen LogP contribution is -2.38. The number of aliphatic imine (C=N–C) groups is 1. The number of hydrogen-bond acceptors (Lipinski definition) is 2. The summed E-state index contributed by atoms with van der Waals surface area (Å²) in [4.78, 5) is 4.66. The van der Waals surface area contributed by atoms with Crippen LogP contribution in [0.1, 0.15) is 23.6 Å². The Labute approximate surface area is 169 Å². The quantitative estimate of drug-likeness (QED) is 0.452. The molecule has 3 rings (SSSR count). The van der Waals surface area contributed by atoms with Gasteiger partial charge in [0.15, 0.2) is 5.96 Å². The van der Waals surface area contributed by atoms with Crippen molar-refractivity contribution in [1.82, 2.24) is 20.4 Å². The number of hydrogen-bond donors (Lipinski definition) is 2. The number of benzene rings is 2. The lowest BCUT2D eigenvalue weighted by atomic mass is 10.1.